The van der Waals surface area contributed by atoms with E-state index in [-0.39, 0.29) is 11.9 Å². The zero-order valence-corrected chi connectivity index (χ0v) is 16.4. The SMILES string of the molecule is Cc1cc2cc(C#N)c(SCC(=O)N[C@H]3CCCC[C@@H]3C)nc2cc1C. The Hall–Kier alpha value is -2.06. The fraction of sp³-hybridized carbons (Fsp3) is 0.476. The molecular formula is C21H25N3OS. The molecule has 1 heterocycles. The van der Waals surface area contributed by atoms with Crippen LogP contribution in [0.25, 0.3) is 10.9 Å². The first-order valence-electron chi connectivity index (χ1n) is 9.22. The molecule has 1 aromatic heterocycles. The lowest BCUT2D eigenvalue weighted by atomic mass is 9.86. The lowest BCUT2D eigenvalue weighted by molar-refractivity contribution is -0.119. The number of hydrogen-bond donors (Lipinski definition) is 1. The van der Waals surface area contributed by atoms with E-state index in [1.165, 1.54) is 42.2 Å². The van der Waals surface area contributed by atoms with Gasteiger partial charge in [0.2, 0.25) is 5.91 Å². The van der Waals surface area contributed by atoms with Crippen LogP contribution in [0.15, 0.2) is 23.2 Å². The lowest BCUT2D eigenvalue weighted by Gasteiger charge is -2.29. The summed E-state index contributed by atoms with van der Waals surface area (Å²) in [5.74, 6) is 0.860. The van der Waals surface area contributed by atoms with Gasteiger partial charge in [0.1, 0.15) is 11.1 Å². The van der Waals surface area contributed by atoms with Crippen LogP contribution in [0.3, 0.4) is 0 Å². The summed E-state index contributed by atoms with van der Waals surface area (Å²) in [6, 6.07) is 8.47. The summed E-state index contributed by atoms with van der Waals surface area (Å²) >= 11 is 1.35. The Morgan fingerprint density at radius 3 is 2.73 bits per heavy atom. The van der Waals surface area contributed by atoms with Crippen LogP contribution in [-0.2, 0) is 4.79 Å². The summed E-state index contributed by atoms with van der Waals surface area (Å²) in [6.07, 6.45) is 4.69. The molecule has 0 aliphatic heterocycles. The predicted molar refractivity (Wildman–Crippen MR) is 106 cm³/mol. The first-order chi connectivity index (χ1) is 12.5. The molecule has 1 aromatic carbocycles. The number of nitrogens with one attached hydrogen (secondary N) is 1. The third kappa shape index (κ3) is 4.19. The number of fused-ring (bicyclic) bond motifs is 1. The number of aromatic nitrogens is 1. The Kier molecular flexibility index (Phi) is 5.83. The van der Waals surface area contributed by atoms with Crippen LogP contribution >= 0.6 is 11.8 Å². The molecule has 1 saturated carbocycles. The number of aryl methyl sites for hydroxylation is 2. The van der Waals surface area contributed by atoms with Crippen LogP contribution in [-0.4, -0.2) is 22.7 Å². The molecule has 0 radical (unpaired) electrons. The average Bonchev–Trinajstić information content (AvgIpc) is 2.62. The number of carbonyl (C=O) groups excluding carboxylic acids is 1. The quantitative estimate of drug-likeness (QED) is 0.808. The number of amides is 1. The molecule has 1 aliphatic carbocycles. The van der Waals surface area contributed by atoms with Crippen molar-refractivity contribution in [1.82, 2.24) is 10.3 Å². The van der Waals surface area contributed by atoms with Crippen LogP contribution in [0.1, 0.15) is 49.3 Å². The maximum absolute atomic E-state index is 12.3. The Morgan fingerprint density at radius 1 is 1.27 bits per heavy atom. The minimum atomic E-state index is 0.0274. The van der Waals surface area contributed by atoms with Gasteiger partial charge in [-0.15, -0.1) is 0 Å². The molecule has 0 unspecified atom stereocenters. The van der Waals surface area contributed by atoms with Gasteiger partial charge < -0.3 is 5.32 Å². The van der Waals surface area contributed by atoms with E-state index in [1.54, 1.807) is 0 Å². The van der Waals surface area contributed by atoms with Crippen molar-refractivity contribution in [3.63, 3.8) is 0 Å². The normalized spacial score (nSPS) is 19.9. The summed E-state index contributed by atoms with van der Waals surface area (Å²) in [4.78, 5) is 17.0. The van der Waals surface area contributed by atoms with Gasteiger partial charge in [0.25, 0.3) is 0 Å². The standard InChI is InChI=1S/C21H25N3OS/c1-13-6-4-5-7-18(13)23-20(25)12-26-21-17(11-22)10-16-8-14(2)15(3)9-19(16)24-21/h8-10,13,18H,4-7,12H2,1-3H3,(H,23,25)/t13-,18-/m0/s1. The van der Waals surface area contributed by atoms with E-state index in [1.807, 2.05) is 12.1 Å². The van der Waals surface area contributed by atoms with E-state index in [0.717, 1.165) is 17.3 Å². The van der Waals surface area contributed by atoms with Crippen molar-refractivity contribution in [1.29, 1.82) is 5.26 Å². The van der Waals surface area contributed by atoms with Gasteiger partial charge >= 0.3 is 0 Å². The van der Waals surface area contributed by atoms with E-state index in [0.29, 0.717) is 22.3 Å². The first kappa shape index (κ1) is 18.7. The highest BCUT2D eigenvalue weighted by Crippen LogP contribution is 2.27. The number of benzene rings is 1. The Labute approximate surface area is 159 Å². The highest BCUT2D eigenvalue weighted by atomic mass is 32.2. The molecule has 4 nitrogen and oxygen atoms in total. The van der Waals surface area contributed by atoms with Crippen molar-refractivity contribution in [2.75, 3.05) is 5.75 Å². The minimum absolute atomic E-state index is 0.0274. The Balaban J connectivity index is 1.72. The predicted octanol–water partition coefficient (Wildman–Crippen LogP) is 4.51. The molecule has 1 N–H and O–H groups in total. The van der Waals surface area contributed by atoms with Gasteiger partial charge in [-0.25, -0.2) is 4.98 Å². The summed E-state index contributed by atoms with van der Waals surface area (Å²) < 4.78 is 0. The zero-order valence-electron chi connectivity index (χ0n) is 15.6. The molecule has 0 saturated heterocycles. The Bertz CT molecular complexity index is 872. The number of nitrogens with zero attached hydrogens (tertiary/aromatic N) is 2. The fourth-order valence-electron chi connectivity index (χ4n) is 3.53. The van der Waals surface area contributed by atoms with Gasteiger partial charge in [-0.1, -0.05) is 31.5 Å². The fourth-order valence-corrected chi connectivity index (χ4v) is 4.30. The summed E-state index contributed by atoms with van der Waals surface area (Å²) in [7, 11) is 0. The van der Waals surface area contributed by atoms with Crippen molar-refractivity contribution in [2.45, 2.75) is 57.5 Å². The van der Waals surface area contributed by atoms with Gasteiger partial charge in [0, 0.05) is 11.4 Å². The van der Waals surface area contributed by atoms with Gasteiger partial charge in [0.15, 0.2) is 0 Å². The molecule has 0 bridgehead atoms. The zero-order chi connectivity index (χ0) is 18.7. The molecule has 2 aromatic rings. The number of hydrogen-bond acceptors (Lipinski definition) is 4. The highest BCUT2D eigenvalue weighted by Gasteiger charge is 2.23. The monoisotopic (exact) mass is 367 g/mol. The largest absolute Gasteiger partial charge is 0.352 e. The Morgan fingerprint density at radius 2 is 2.00 bits per heavy atom. The third-order valence-electron chi connectivity index (χ3n) is 5.31. The van der Waals surface area contributed by atoms with Crippen LogP contribution < -0.4 is 5.32 Å². The maximum Gasteiger partial charge on any atom is 0.230 e. The average molecular weight is 368 g/mol. The lowest BCUT2D eigenvalue weighted by Crippen LogP contribution is -2.41. The number of rotatable bonds is 4. The highest BCUT2D eigenvalue weighted by molar-refractivity contribution is 8.00. The topological polar surface area (TPSA) is 65.8 Å². The van der Waals surface area contributed by atoms with E-state index in [9.17, 15) is 10.1 Å². The number of nitriles is 1. The van der Waals surface area contributed by atoms with Crippen molar-refractivity contribution in [2.24, 2.45) is 5.92 Å². The summed E-state index contributed by atoms with van der Waals surface area (Å²) in [5.41, 5.74) is 3.76. The smallest absolute Gasteiger partial charge is 0.230 e. The molecule has 1 fully saturated rings. The molecule has 136 valence electrons. The minimum Gasteiger partial charge on any atom is -0.352 e. The molecule has 5 heteroatoms. The van der Waals surface area contributed by atoms with E-state index < -0.39 is 0 Å². The van der Waals surface area contributed by atoms with Crippen LogP contribution in [0.5, 0.6) is 0 Å². The molecule has 3 rings (SSSR count). The van der Waals surface area contributed by atoms with Crippen molar-refractivity contribution in [3.8, 4) is 6.07 Å². The van der Waals surface area contributed by atoms with E-state index in [2.05, 4.69) is 43.2 Å². The van der Waals surface area contributed by atoms with Gasteiger partial charge in [-0.3, -0.25) is 4.79 Å². The molecule has 26 heavy (non-hydrogen) atoms. The second-order valence-corrected chi connectivity index (χ2v) is 8.27. The molecule has 1 aliphatic rings. The first-order valence-corrected chi connectivity index (χ1v) is 10.2. The van der Waals surface area contributed by atoms with Crippen LogP contribution in [0.2, 0.25) is 0 Å². The molecule has 0 spiro atoms. The van der Waals surface area contributed by atoms with Crippen molar-refractivity contribution >= 4 is 28.6 Å². The van der Waals surface area contributed by atoms with Crippen LogP contribution in [0, 0.1) is 31.1 Å². The summed E-state index contributed by atoms with van der Waals surface area (Å²) in [6.45, 7) is 6.32. The second kappa shape index (κ2) is 8.09. The molecular weight excluding hydrogens is 342 g/mol. The summed E-state index contributed by atoms with van der Waals surface area (Å²) in [5, 5.41) is 14.2. The number of thioether (sulfide) groups is 1. The molecule has 2 atom stereocenters. The molecule has 1 amide bonds. The second-order valence-electron chi connectivity index (χ2n) is 7.31. The van der Waals surface area contributed by atoms with E-state index >= 15 is 0 Å². The number of pyridine rings is 1. The van der Waals surface area contributed by atoms with Crippen molar-refractivity contribution in [3.05, 3.63) is 34.9 Å². The van der Waals surface area contributed by atoms with Crippen LogP contribution in [0.4, 0.5) is 0 Å². The van der Waals surface area contributed by atoms with Crippen molar-refractivity contribution < 1.29 is 4.79 Å². The third-order valence-corrected chi connectivity index (χ3v) is 6.30. The van der Waals surface area contributed by atoms with Gasteiger partial charge in [0.05, 0.1) is 16.8 Å². The van der Waals surface area contributed by atoms with E-state index in [4.69, 9.17) is 0 Å². The van der Waals surface area contributed by atoms with Gasteiger partial charge in [-0.05, 0) is 61.9 Å². The maximum atomic E-state index is 12.3. The number of carbonyl (C=O) groups is 1. The van der Waals surface area contributed by atoms with Gasteiger partial charge in [-0.2, -0.15) is 5.26 Å².